The molecule has 0 aliphatic heterocycles. The third-order valence-electron chi connectivity index (χ3n) is 2.69. The lowest BCUT2D eigenvalue weighted by molar-refractivity contribution is 0.380. The minimum Gasteiger partial charge on any atom is -0.271 e. The lowest BCUT2D eigenvalue weighted by atomic mass is 9.93. The van der Waals surface area contributed by atoms with Crippen LogP contribution in [0.3, 0.4) is 0 Å². The Morgan fingerprint density at radius 2 is 2.20 bits per heavy atom. The lowest BCUT2D eigenvalue weighted by Crippen LogP contribution is -2.32. The standard InChI is InChI=1S/C11H16BrFN2/c1-3-7(2)11(15-14)9-6-8(13)4-5-10(9)12/h4-7,11,15H,3,14H2,1-2H3. The van der Waals surface area contributed by atoms with Crippen molar-refractivity contribution in [3.05, 3.63) is 34.1 Å². The predicted octanol–water partition coefficient (Wildman–Crippen LogP) is 3.14. The topological polar surface area (TPSA) is 38.0 Å². The number of hydrogen-bond acceptors (Lipinski definition) is 2. The van der Waals surface area contributed by atoms with Crippen LogP contribution in [0.5, 0.6) is 0 Å². The van der Waals surface area contributed by atoms with Gasteiger partial charge in [-0.25, -0.2) is 4.39 Å². The number of halogens is 2. The fourth-order valence-electron chi connectivity index (χ4n) is 1.55. The third kappa shape index (κ3) is 3.00. The highest BCUT2D eigenvalue weighted by Gasteiger charge is 2.19. The molecule has 2 nitrogen and oxygen atoms in total. The maximum Gasteiger partial charge on any atom is 0.123 e. The van der Waals surface area contributed by atoms with Crippen molar-refractivity contribution in [1.82, 2.24) is 5.43 Å². The van der Waals surface area contributed by atoms with Gasteiger partial charge >= 0.3 is 0 Å². The van der Waals surface area contributed by atoms with Gasteiger partial charge in [-0.3, -0.25) is 11.3 Å². The molecular formula is C11H16BrFN2. The molecule has 0 saturated heterocycles. The zero-order chi connectivity index (χ0) is 11.4. The average Bonchev–Trinajstić information content (AvgIpc) is 2.23. The van der Waals surface area contributed by atoms with Gasteiger partial charge in [0.25, 0.3) is 0 Å². The van der Waals surface area contributed by atoms with E-state index in [1.807, 2.05) is 0 Å². The second kappa shape index (κ2) is 5.58. The van der Waals surface area contributed by atoms with Crippen LogP contribution in [0.15, 0.2) is 22.7 Å². The van der Waals surface area contributed by atoms with Crippen molar-refractivity contribution in [3.8, 4) is 0 Å². The zero-order valence-electron chi connectivity index (χ0n) is 8.93. The molecular weight excluding hydrogens is 259 g/mol. The van der Waals surface area contributed by atoms with Gasteiger partial charge in [-0.1, -0.05) is 36.2 Å². The molecule has 2 atom stereocenters. The molecule has 0 aromatic heterocycles. The normalized spacial score (nSPS) is 15.0. The first-order valence-corrected chi connectivity index (χ1v) is 5.80. The maximum atomic E-state index is 13.1. The van der Waals surface area contributed by atoms with Crippen LogP contribution in [0.25, 0.3) is 0 Å². The molecule has 0 spiro atoms. The molecule has 0 radical (unpaired) electrons. The zero-order valence-corrected chi connectivity index (χ0v) is 10.5. The highest BCUT2D eigenvalue weighted by Crippen LogP contribution is 2.30. The summed E-state index contributed by atoms with van der Waals surface area (Å²) in [5, 5.41) is 0. The summed E-state index contributed by atoms with van der Waals surface area (Å²) in [6.45, 7) is 4.17. The first kappa shape index (κ1) is 12.6. The number of benzene rings is 1. The quantitative estimate of drug-likeness (QED) is 0.654. The average molecular weight is 275 g/mol. The summed E-state index contributed by atoms with van der Waals surface area (Å²) in [6.07, 6.45) is 0.984. The van der Waals surface area contributed by atoms with Crippen LogP contribution in [0.1, 0.15) is 31.9 Å². The van der Waals surface area contributed by atoms with E-state index < -0.39 is 0 Å². The first-order chi connectivity index (χ1) is 7.10. The predicted molar refractivity (Wildman–Crippen MR) is 63.6 cm³/mol. The molecule has 0 fully saturated rings. The summed E-state index contributed by atoms with van der Waals surface area (Å²) in [5.74, 6) is 5.62. The minimum absolute atomic E-state index is 0.0277. The van der Waals surface area contributed by atoms with Crippen LogP contribution in [0.2, 0.25) is 0 Å². The Balaban J connectivity index is 3.05. The summed E-state index contributed by atoms with van der Waals surface area (Å²) < 4.78 is 14.0. The monoisotopic (exact) mass is 274 g/mol. The van der Waals surface area contributed by atoms with E-state index in [1.165, 1.54) is 12.1 Å². The Morgan fingerprint density at radius 3 is 2.73 bits per heavy atom. The molecule has 1 rings (SSSR count). The molecule has 0 aliphatic carbocycles. The van der Waals surface area contributed by atoms with Gasteiger partial charge in [0.2, 0.25) is 0 Å². The summed E-state index contributed by atoms with van der Waals surface area (Å²) in [6, 6.07) is 4.62. The number of rotatable bonds is 4. The molecule has 4 heteroatoms. The van der Waals surface area contributed by atoms with Crippen molar-refractivity contribution in [2.45, 2.75) is 26.3 Å². The minimum atomic E-state index is -0.239. The van der Waals surface area contributed by atoms with Gasteiger partial charge < -0.3 is 0 Å². The van der Waals surface area contributed by atoms with Gasteiger partial charge in [0.05, 0.1) is 0 Å². The third-order valence-corrected chi connectivity index (χ3v) is 3.41. The van der Waals surface area contributed by atoms with Crippen LogP contribution in [0, 0.1) is 11.7 Å². The van der Waals surface area contributed by atoms with Gasteiger partial charge in [0.1, 0.15) is 5.82 Å². The molecule has 1 aromatic rings. The van der Waals surface area contributed by atoms with Crippen LogP contribution in [0.4, 0.5) is 4.39 Å². The van der Waals surface area contributed by atoms with Gasteiger partial charge in [-0.05, 0) is 29.7 Å². The van der Waals surface area contributed by atoms with Gasteiger partial charge in [-0.15, -0.1) is 0 Å². The van der Waals surface area contributed by atoms with E-state index in [0.717, 1.165) is 16.5 Å². The first-order valence-electron chi connectivity index (χ1n) is 5.01. The second-order valence-corrected chi connectivity index (χ2v) is 4.55. The molecule has 15 heavy (non-hydrogen) atoms. The van der Waals surface area contributed by atoms with Gasteiger partial charge in [-0.2, -0.15) is 0 Å². The molecule has 3 N–H and O–H groups in total. The van der Waals surface area contributed by atoms with Crippen molar-refractivity contribution < 1.29 is 4.39 Å². The number of nitrogens with two attached hydrogens (primary N) is 1. The molecule has 0 heterocycles. The van der Waals surface area contributed by atoms with Crippen molar-refractivity contribution in [3.63, 3.8) is 0 Å². The molecule has 0 amide bonds. The number of hydrogen-bond donors (Lipinski definition) is 2. The van der Waals surface area contributed by atoms with Crippen molar-refractivity contribution >= 4 is 15.9 Å². The summed E-state index contributed by atoms with van der Waals surface area (Å²) in [7, 11) is 0. The van der Waals surface area contributed by atoms with E-state index in [4.69, 9.17) is 5.84 Å². The molecule has 1 aromatic carbocycles. The van der Waals surface area contributed by atoms with E-state index in [0.29, 0.717) is 5.92 Å². The largest absolute Gasteiger partial charge is 0.271 e. The molecule has 2 unspecified atom stereocenters. The number of hydrazine groups is 1. The van der Waals surface area contributed by atoms with E-state index in [9.17, 15) is 4.39 Å². The highest BCUT2D eigenvalue weighted by atomic mass is 79.9. The smallest absolute Gasteiger partial charge is 0.123 e. The van der Waals surface area contributed by atoms with Gasteiger partial charge in [0, 0.05) is 10.5 Å². The SMILES string of the molecule is CCC(C)C(NN)c1cc(F)ccc1Br. The number of nitrogens with one attached hydrogen (secondary N) is 1. The maximum absolute atomic E-state index is 13.1. The van der Waals surface area contributed by atoms with Crippen LogP contribution >= 0.6 is 15.9 Å². The van der Waals surface area contributed by atoms with Crippen molar-refractivity contribution in [2.24, 2.45) is 11.8 Å². The summed E-state index contributed by atoms with van der Waals surface area (Å²) in [4.78, 5) is 0. The van der Waals surface area contributed by atoms with E-state index in [-0.39, 0.29) is 11.9 Å². The molecule has 0 bridgehead atoms. The van der Waals surface area contributed by atoms with Crippen LogP contribution in [-0.2, 0) is 0 Å². The van der Waals surface area contributed by atoms with E-state index in [1.54, 1.807) is 6.07 Å². The Labute approximate surface area is 98.1 Å². The molecule has 0 aliphatic rings. The Morgan fingerprint density at radius 1 is 1.53 bits per heavy atom. The van der Waals surface area contributed by atoms with Crippen molar-refractivity contribution in [1.29, 1.82) is 0 Å². The van der Waals surface area contributed by atoms with Crippen LogP contribution < -0.4 is 11.3 Å². The summed E-state index contributed by atoms with van der Waals surface area (Å²) in [5.41, 5.74) is 3.61. The van der Waals surface area contributed by atoms with Crippen LogP contribution in [-0.4, -0.2) is 0 Å². The second-order valence-electron chi connectivity index (χ2n) is 3.70. The van der Waals surface area contributed by atoms with Crippen molar-refractivity contribution in [2.75, 3.05) is 0 Å². The van der Waals surface area contributed by atoms with E-state index in [2.05, 4.69) is 35.2 Å². The Bertz CT molecular complexity index is 330. The molecule has 84 valence electrons. The fraction of sp³-hybridized carbons (Fsp3) is 0.455. The highest BCUT2D eigenvalue weighted by molar-refractivity contribution is 9.10. The lowest BCUT2D eigenvalue weighted by Gasteiger charge is -2.23. The molecule has 0 saturated carbocycles. The summed E-state index contributed by atoms with van der Waals surface area (Å²) >= 11 is 3.41. The Hall–Kier alpha value is -0.450. The fourth-order valence-corrected chi connectivity index (χ4v) is 2.04. The van der Waals surface area contributed by atoms with Gasteiger partial charge in [0.15, 0.2) is 0 Å². The van der Waals surface area contributed by atoms with E-state index >= 15 is 0 Å². The Kier molecular flexibility index (Phi) is 4.70.